The summed E-state index contributed by atoms with van der Waals surface area (Å²) in [7, 11) is 0. The summed E-state index contributed by atoms with van der Waals surface area (Å²) < 4.78 is 5.62. The summed E-state index contributed by atoms with van der Waals surface area (Å²) in [4.78, 5) is 16.0. The number of aliphatic hydroxyl groups excluding tert-OH is 1. The third kappa shape index (κ3) is 5.38. The Morgan fingerprint density at radius 3 is 2.57 bits per heavy atom. The summed E-state index contributed by atoms with van der Waals surface area (Å²) in [6.07, 6.45) is 3.45. The molecular weight excluding hydrogens is 292 g/mol. The van der Waals surface area contributed by atoms with Gasteiger partial charge in [0.05, 0.1) is 12.3 Å². The topological polar surface area (TPSA) is 71.5 Å². The van der Waals surface area contributed by atoms with Gasteiger partial charge in [0, 0.05) is 18.3 Å². The van der Waals surface area contributed by atoms with Crippen molar-refractivity contribution in [2.75, 3.05) is 6.54 Å². The zero-order valence-electron chi connectivity index (χ0n) is 13.4. The Balaban J connectivity index is 1.85. The average molecular weight is 314 g/mol. The standard InChI is InChI=1S/C18H22N2O3/c1-13(2)17(21)9-11-20-18(22)14-5-7-15(8-6-14)23-16-4-3-10-19-12-16/h3-8,10,12-13,17,21H,9,11H2,1-2H3,(H,20,22). The van der Waals surface area contributed by atoms with Crippen LogP contribution in [0.1, 0.15) is 30.6 Å². The maximum absolute atomic E-state index is 12.0. The van der Waals surface area contributed by atoms with E-state index >= 15 is 0 Å². The third-order valence-corrected chi connectivity index (χ3v) is 3.48. The van der Waals surface area contributed by atoms with Crippen LogP contribution in [0.4, 0.5) is 0 Å². The van der Waals surface area contributed by atoms with Crippen molar-refractivity contribution >= 4 is 5.91 Å². The molecule has 1 aromatic heterocycles. The second kappa shape index (κ2) is 8.29. The summed E-state index contributed by atoms with van der Waals surface area (Å²) in [6.45, 7) is 4.35. The summed E-state index contributed by atoms with van der Waals surface area (Å²) >= 11 is 0. The molecule has 1 amide bonds. The first kappa shape index (κ1) is 17.0. The van der Waals surface area contributed by atoms with Crippen molar-refractivity contribution in [1.29, 1.82) is 0 Å². The van der Waals surface area contributed by atoms with E-state index in [-0.39, 0.29) is 11.8 Å². The number of nitrogens with zero attached hydrogens (tertiary/aromatic N) is 1. The lowest BCUT2D eigenvalue weighted by Crippen LogP contribution is -2.28. The number of carbonyl (C=O) groups excluding carboxylic acids is 1. The molecule has 122 valence electrons. The molecular formula is C18H22N2O3. The minimum absolute atomic E-state index is 0.158. The van der Waals surface area contributed by atoms with Gasteiger partial charge in [0.25, 0.3) is 5.91 Å². The lowest BCUT2D eigenvalue weighted by Gasteiger charge is -2.14. The highest BCUT2D eigenvalue weighted by Gasteiger charge is 2.10. The maximum atomic E-state index is 12.0. The van der Waals surface area contributed by atoms with Crippen molar-refractivity contribution in [1.82, 2.24) is 10.3 Å². The van der Waals surface area contributed by atoms with E-state index in [0.29, 0.717) is 30.0 Å². The Labute approximate surface area is 136 Å². The summed E-state index contributed by atoms with van der Waals surface area (Å²) in [5, 5.41) is 12.5. The molecule has 0 saturated carbocycles. The van der Waals surface area contributed by atoms with Crippen molar-refractivity contribution < 1.29 is 14.6 Å². The first-order valence-electron chi connectivity index (χ1n) is 7.70. The molecule has 5 nitrogen and oxygen atoms in total. The molecule has 0 saturated heterocycles. The molecule has 1 unspecified atom stereocenters. The predicted molar refractivity (Wildman–Crippen MR) is 88.5 cm³/mol. The highest BCUT2D eigenvalue weighted by Crippen LogP contribution is 2.20. The highest BCUT2D eigenvalue weighted by atomic mass is 16.5. The highest BCUT2D eigenvalue weighted by molar-refractivity contribution is 5.94. The van der Waals surface area contributed by atoms with Crippen LogP contribution in [0.15, 0.2) is 48.8 Å². The van der Waals surface area contributed by atoms with Crippen LogP contribution in [0.25, 0.3) is 0 Å². The number of pyridine rings is 1. The largest absolute Gasteiger partial charge is 0.456 e. The molecule has 2 rings (SSSR count). The molecule has 23 heavy (non-hydrogen) atoms. The molecule has 0 aliphatic rings. The molecule has 0 aliphatic carbocycles. The van der Waals surface area contributed by atoms with Gasteiger partial charge in [-0.05, 0) is 48.7 Å². The Kier molecular flexibility index (Phi) is 6.11. The lowest BCUT2D eigenvalue weighted by atomic mass is 10.0. The molecule has 0 radical (unpaired) electrons. The Morgan fingerprint density at radius 2 is 1.96 bits per heavy atom. The number of aromatic nitrogens is 1. The van der Waals surface area contributed by atoms with E-state index in [4.69, 9.17) is 4.74 Å². The van der Waals surface area contributed by atoms with Gasteiger partial charge in [0.2, 0.25) is 0 Å². The fourth-order valence-electron chi connectivity index (χ4n) is 1.99. The van der Waals surface area contributed by atoms with Crippen LogP contribution in [-0.4, -0.2) is 28.6 Å². The van der Waals surface area contributed by atoms with Gasteiger partial charge in [-0.25, -0.2) is 0 Å². The van der Waals surface area contributed by atoms with E-state index in [1.807, 2.05) is 19.9 Å². The Bertz CT molecular complexity index is 612. The number of rotatable bonds is 7. The van der Waals surface area contributed by atoms with Crippen LogP contribution in [0, 0.1) is 5.92 Å². The van der Waals surface area contributed by atoms with Crippen molar-refractivity contribution in [3.63, 3.8) is 0 Å². The normalized spacial score (nSPS) is 12.0. The van der Waals surface area contributed by atoms with Crippen molar-refractivity contribution in [3.05, 3.63) is 54.4 Å². The quantitative estimate of drug-likeness (QED) is 0.824. The van der Waals surface area contributed by atoms with E-state index in [2.05, 4.69) is 10.3 Å². The number of nitrogens with one attached hydrogen (secondary N) is 1. The van der Waals surface area contributed by atoms with Crippen LogP contribution in [0.3, 0.4) is 0 Å². The number of hydrogen-bond donors (Lipinski definition) is 2. The maximum Gasteiger partial charge on any atom is 0.251 e. The Morgan fingerprint density at radius 1 is 1.22 bits per heavy atom. The van der Waals surface area contributed by atoms with E-state index < -0.39 is 6.10 Å². The molecule has 0 aliphatic heterocycles. The molecule has 0 bridgehead atoms. The first-order chi connectivity index (χ1) is 11.1. The monoisotopic (exact) mass is 314 g/mol. The zero-order valence-corrected chi connectivity index (χ0v) is 13.4. The van der Waals surface area contributed by atoms with Crippen molar-refractivity contribution in [2.45, 2.75) is 26.4 Å². The fraction of sp³-hybridized carbons (Fsp3) is 0.333. The average Bonchev–Trinajstić information content (AvgIpc) is 2.56. The van der Waals surface area contributed by atoms with Gasteiger partial charge in [-0.2, -0.15) is 0 Å². The van der Waals surface area contributed by atoms with Gasteiger partial charge in [-0.15, -0.1) is 0 Å². The van der Waals surface area contributed by atoms with Gasteiger partial charge in [0.1, 0.15) is 11.5 Å². The van der Waals surface area contributed by atoms with E-state index in [1.54, 1.807) is 42.7 Å². The van der Waals surface area contributed by atoms with Gasteiger partial charge in [-0.1, -0.05) is 13.8 Å². The molecule has 1 heterocycles. The predicted octanol–water partition coefficient (Wildman–Crippen LogP) is 3.01. The molecule has 1 atom stereocenters. The minimum Gasteiger partial charge on any atom is -0.456 e. The molecule has 2 aromatic rings. The Hall–Kier alpha value is -2.40. The fourth-order valence-corrected chi connectivity index (χ4v) is 1.99. The molecule has 1 aromatic carbocycles. The van der Waals surface area contributed by atoms with Crippen LogP contribution >= 0.6 is 0 Å². The molecule has 5 heteroatoms. The smallest absolute Gasteiger partial charge is 0.251 e. The van der Waals surface area contributed by atoms with Crippen LogP contribution < -0.4 is 10.1 Å². The van der Waals surface area contributed by atoms with E-state index in [1.165, 1.54) is 0 Å². The van der Waals surface area contributed by atoms with Gasteiger partial charge < -0.3 is 15.2 Å². The summed E-state index contributed by atoms with van der Waals surface area (Å²) in [6, 6.07) is 10.5. The summed E-state index contributed by atoms with van der Waals surface area (Å²) in [5.41, 5.74) is 0.558. The number of benzene rings is 1. The number of aliphatic hydroxyl groups is 1. The van der Waals surface area contributed by atoms with Gasteiger partial charge in [-0.3, -0.25) is 9.78 Å². The van der Waals surface area contributed by atoms with Gasteiger partial charge in [0.15, 0.2) is 0 Å². The zero-order chi connectivity index (χ0) is 16.7. The van der Waals surface area contributed by atoms with Crippen molar-refractivity contribution in [3.8, 4) is 11.5 Å². The second-order valence-electron chi connectivity index (χ2n) is 5.67. The number of carbonyl (C=O) groups is 1. The number of ether oxygens (including phenoxy) is 1. The first-order valence-corrected chi connectivity index (χ1v) is 7.70. The minimum atomic E-state index is -0.398. The summed E-state index contributed by atoms with van der Waals surface area (Å²) in [5.74, 6) is 1.32. The molecule has 0 spiro atoms. The van der Waals surface area contributed by atoms with Crippen LogP contribution in [-0.2, 0) is 0 Å². The third-order valence-electron chi connectivity index (χ3n) is 3.48. The number of hydrogen-bond acceptors (Lipinski definition) is 4. The van der Waals surface area contributed by atoms with E-state index in [9.17, 15) is 9.90 Å². The van der Waals surface area contributed by atoms with Crippen molar-refractivity contribution in [2.24, 2.45) is 5.92 Å². The van der Waals surface area contributed by atoms with E-state index in [0.717, 1.165) is 0 Å². The van der Waals surface area contributed by atoms with Crippen LogP contribution in [0.2, 0.25) is 0 Å². The SMILES string of the molecule is CC(C)C(O)CCNC(=O)c1ccc(Oc2cccnc2)cc1. The van der Waals surface area contributed by atoms with Crippen LogP contribution in [0.5, 0.6) is 11.5 Å². The lowest BCUT2D eigenvalue weighted by molar-refractivity contribution is 0.0920. The molecule has 0 fully saturated rings. The number of amides is 1. The second-order valence-corrected chi connectivity index (χ2v) is 5.67. The van der Waals surface area contributed by atoms with Gasteiger partial charge >= 0.3 is 0 Å². The molecule has 2 N–H and O–H groups in total.